The van der Waals surface area contributed by atoms with Crippen LogP contribution in [-0.4, -0.2) is 205 Å². The summed E-state index contributed by atoms with van der Waals surface area (Å²) in [5.41, 5.74) is 5.30. The van der Waals surface area contributed by atoms with E-state index in [0.717, 1.165) is 25.7 Å². The summed E-state index contributed by atoms with van der Waals surface area (Å²) in [6.45, 7) is 7.34. The van der Waals surface area contributed by atoms with Crippen LogP contribution in [0, 0.1) is 5.92 Å². The summed E-state index contributed by atoms with van der Waals surface area (Å²) in [5, 5.41) is 14.2. The predicted octanol–water partition coefficient (Wildman–Crippen LogP) is 1.46. The van der Waals surface area contributed by atoms with Gasteiger partial charge in [0.1, 0.15) is 19.0 Å². The molecule has 1 aliphatic rings. The van der Waals surface area contributed by atoms with Gasteiger partial charge in [-0.25, -0.2) is 4.79 Å². The number of amides is 6. The molecule has 0 radical (unpaired) electrons. The van der Waals surface area contributed by atoms with Gasteiger partial charge in [-0.15, -0.1) is 0 Å². The number of thioether (sulfide) groups is 3. The van der Waals surface area contributed by atoms with Gasteiger partial charge in [0, 0.05) is 82.6 Å². The fourth-order valence-electron chi connectivity index (χ4n) is 5.99. The average molecular weight is 1040 g/mol. The van der Waals surface area contributed by atoms with Crippen LogP contribution in [0.3, 0.4) is 0 Å². The van der Waals surface area contributed by atoms with Gasteiger partial charge >= 0.3 is 6.09 Å². The van der Waals surface area contributed by atoms with Crippen molar-refractivity contribution >= 4 is 95.1 Å². The van der Waals surface area contributed by atoms with Crippen LogP contribution in [0.4, 0.5) is 4.79 Å². The number of hydrogen-bond acceptors (Lipinski definition) is 18. The minimum absolute atomic E-state index is 0.0242. The number of ketones is 2. The highest BCUT2D eigenvalue weighted by Gasteiger charge is 2.26. The number of carbonyl (C=O) groups is 8. The van der Waals surface area contributed by atoms with Crippen molar-refractivity contribution in [3.05, 3.63) is 0 Å². The van der Waals surface area contributed by atoms with E-state index in [9.17, 15) is 38.4 Å². The van der Waals surface area contributed by atoms with E-state index in [-0.39, 0.29) is 93.5 Å². The molecule has 2 unspecified atom stereocenters. The number of nitrogens with one attached hydrogen (secondary N) is 5. The Balaban J connectivity index is 0.00000143. The zero-order valence-corrected chi connectivity index (χ0v) is 43.9. The maximum atomic E-state index is 12.5. The van der Waals surface area contributed by atoms with Gasteiger partial charge in [0.2, 0.25) is 29.5 Å². The Morgan fingerprint density at radius 1 is 0.721 bits per heavy atom. The number of Topliss-reactive ketones (excluding diaryl/α,β-unsaturated/α-hetero) is 2. The molecule has 1 rings (SSSR count). The van der Waals surface area contributed by atoms with Gasteiger partial charge in [0.15, 0.2) is 5.78 Å². The van der Waals surface area contributed by atoms with Gasteiger partial charge < -0.3 is 55.6 Å². The topological polar surface area (TPSA) is 272 Å². The summed E-state index contributed by atoms with van der Waals surface area (Å²) >= 11 is 8.54. The number of primary amides is 1. The second-order valence-electron chi connectivity index (χ2n) is 15.3. The fourth-order valence-corrected chi connectivity index (χ4v) is 7.98. The van der Waals surface area contributed by atoms with Crippen LogP contribution >= 0.6 is 47.9 Å². The maximum Gasteiger partial charge on any atom is 0.409 e. The molecule has 0 aromatic carbocycles. The second kappa shape index (κ2) is 46.5. The standard InChI is InChI=1S/C27H51N5O7S2.C17H30N2O6S2/c1-4-38-19-20-39-27(37)32(17-15-30-23(33)11-7-5-9-13-28-25(35)21-40-2)18-16-31-24(34)12-8-6-10-14-29-26(36)22-41-3;18-17(22)15-12-27-8-1-13(16(21)10-19-15)9-14(20)11-25-5-4-23-2-3-24-6-7-26/h4-22H2,1-3H3,(H,28,35)(H,29,36)(H,30,33)(H,31,34);13,15,19,26H,1-12H2,(H2,18,22). The summed E-state index contributed by atoms with van der Waals surface area (Å²) in [6.07, 6.45) is 9.47. The Bertz CT molecular complexity index is 1360. The Morgan fingerprint density at radius 3 is 1.78 bits per heavy atom. The number of nitrogens with zero attached hydrogens (tertiary/aromatic N) is 1. The van der Waals surface area contributed by atoms with Crippen molar-refractivity contribution in [3.8, 4) is 0 Å². The summed E-state index contributed by atoms with van der Waals surface area (Å²) in [4.78, 5) is 96.9. The van der Waals surface area contributed by atoms with Crippen LogP contribution in [-0.2, 0) is 57.2 Å². The van der Waals surface area contributed by atoms with E-state index in [1.54, 1.807) is 11.8 Å². The van der Waals surface area contributed by atoms with E-state index < -0.39 is 18.0 Å². The highest BCUT2D eigenvalue weighted by Crippen LogP contribution is 2.18. The van der Waals surface area contributed by atoms with Gasteiger partial charge in [-0.2, -0.15) is 47.9 Å². The molecule has 1 aliphatic heterocycles. The highest BCUT2D eigenvalue weighted by molar-refractivity contribution is 7.99. The number of nitrogens with two attached hydrogens (primary N) is 1. The number of thiol groups is 1. The minimum atomic E-state index is -0.528. The van der Waals surface area contributed by atoms with Crippen LogP contribution in [0.2, 0.25) is 0 Å². The number of ether oxygens (including phenoxy) is 5. The molecule has 7 N–H and O–H groups in total. The Hall–Kier alpha value is -2.84. The molecule has 6 amide bonds. The predicted molar refractivity (Wildman–Crippen MR) is 273 cm³/mol. The monoisotopic (exact) mass is 1040 g/mol. The van der Waals surface area contributed by atoms with Crippen molar-refractivity contribution in [3.63, 3.8) is 0 Å². The van der Waals surface area contributed by atoms with Crippen LogP contribution in [0.5, 0.6) is 0 Å². The lowest BCUT2D eigenvalue weighted by Crippen LogP contribution is -2.45. The first-order valence-electron chi connectivity index (χ1n) is 23.4. The summed E-state index contributed by atoms with van der Waals surface area (Å²) in [7, 11) is 0. The fraction of sp³-hybridized carbons (Fsp3) is 0.818. The molecule has 24 heteroatoms. The quantitative estimate of drug-likeness (QED) is 0.0339. The molecule has 0 aromatic rings. The summed E-state index contributed by atoms with van der Waals surface area (Å²) < 4.78 is 26.3. The van der Waals surface area contributed by atoms with Crippen molar-refractivity contribution in [1.29, 1.82) is 0 Å². The lowest BCUT2D eigenvalue weighted by atomic mass is 9.94. The lowest BCUT2D eigenvalue weighted by molar-refractivity contribution is -0.130. The van der Waals surface area contributed by atoms with Crippen LogP contribution < -0.4 is 32.3 Å². The first kappa shape index (κ1) is 65.2. The molecular formula is C44H81N7O13S4. The molecular weight excluding hydrogens is 963 g/mol. The van der Waals surface area contributed by atoms with Crippen LogP contribution in [0.15, 0.2) is 0 Å². The SMILES string of the molecule is CCOCCOC(=O)N(CCNC(=O)CCCCCNC(=O)CSC)CCNC(=O)CCCCCNC(=O)CSC.NC(=O)C1CSCCC(CC(=O)COCCOCCOCCS)C(=O)CN1. The highest BCUT2D eigenvalue weighted by atomic mass is 32.2. The molecule has 1 fully saturated rings. The molecule has 1 saturated heterocycles. The molecule has 2 atom stereocenters. The van der Waals surface area contributed by atoms with Crippen molar-refractivity contribution in [2.45, 2.75) is 77.2 Å². The van der Waals surface area contributed by atoms with Gasteiger partial charge in [-0.1, -0.05) is 12.8 Å². The van der Waals surface area contributed by atoms with Crippen LogP contribution in [0.1, 0.15) is 71.1 Å². The zero-order valence-electron chi connectivity index (χ0n) is 40.6. The van der Waals surface area contributed by atoms with E-state index in [4.69, 9.17) is 29.4 Å². The number of hydrogen-bond donors (Lipinski definition) is 7. The molecule has 0 bridgehead atoms. The first-order chi connectivity index (χ1) is 32.9. The van der Waals surface area contributed by atoms with Gasteiger partial charge in [0.05, 0.1) is 63.7 Å². The van der Waals surface area contributed by atoms with Gasteiger partial charge in [-0.3, -0.25) is 38.9 Å². The van der Waals surface area contributed by atoms with E-state index in [0.29, 0.717) is 120 Å². The third kappa shape index (κ3) is 39.9. The smallest absolute Gasteiger partial charge is 0.409 e. The van der Waals surface area contributed by atoms with Crippen molar-refractivity contribution in [1.82, 2.24) is 31.5 Å². The average Bonchev–Trinajstić information content (AvgIpc) is 3.39. The van der Waals surface area contributed by atoms with Gasteiger partial charge in [0.25, 0.3) is 0 Å². The largest absolute Gasteiger partial charge is 0.447 e. The lowest BCUT2D eigenvalue weighted by Gasteiger charge is -2.22. The first-order valence-corrected chi connectivity index (χ1v) is 28.0. The van der Waals surface area contributed by atoms with Crippen LogP contribution in [0.25, 0.3) is 0 Å². The Kier molecular flexibility index (Phi) is 44.6. The van der Waals surface area contributed by atoms with E-state index >= 15 is 0 Å². The molecule has 1 heterocycles. The Labute approximate surface area is 422 Å². The molecule has 0 spiro atoms. The second-order valence-corrected chi connectivity index (χ2v) is 18.6. The van der Waals surface area contributed by atoms with Crippen molar-refractivity contribution in [2.75, 3.05) is 147 Å². The molecule has 0 aromatic heterocycles. The van der Waals surface area contributed by atoms with E-state index in [1.807, 2.05) is 19.4 Å². The van der Waals surface area contributed by atoms with Crippen molar-refractivity contribution in [2.24, 2.45) is 11.7 Å². The van der Waals surface area contributed by atoms with Crippen molar-refractivity contribution < 1.29 is 62.0 Å². The summed E-state index contributed by atoms with van der Waals surface area (Å²) in [5.74, 6) is 1.68. The molecule has 68 heavy (non-hydrogen) atoms. The van der Waals surface area contributed by atoms with E-state index in [2.05, 4.69) is 39.2 Å². The third-order valence-electron chi connectivity index (χ3n) is 9.61. The van der Waals surface area contributed by atoms with E-state index in [1.165, 1.54) is 28.4 Å². The number of carbonyl (C=O) groups excluding carboxylic acids is 8. The Morgan fingerprint density at radius 2 is 1.25 bits per heavy atom. The number of rotatable bonds is 39. The molecule has 20 nitrogen and oxygen atoms in total. The third-order valence-corrected chi connectivity index (χ3v) is 12.0. The van der Waals surface area contributed by atoms with Gasteiger partial charge in [-0.05, 0) is 57.3 Å². The number of unbranched alkanes of at least 4 members (excludes halogenated alkanes) is 4. The maximum absolute atomic E-state index is 12.5. The molecule has 394 valence electrons. The zero-order chi connectivity index (χ0) is 50.5. The molecule has 0 saturated carbocycles. The minimum Gasteiger partial charge on any atom is -0.447 e. The summed E-state index contributed by atoms with van der Waals surface area (Å²) in [6, 6.07) is -0.514. The molecule has 0 aliphatic carbocycles. The normalized spacial score (nSPS) is 14.8.